The summed E-state index contributed by atoms with van der Waals surface area (Å²) < 4.78 is 0. The van der Waals surface area contributed by atoms with Crippen LogP contribution in [0, 0.1) is 5.92 Å². The molecule has 0 unspecified atom stereocenters. The van der Waals surface area contributed by atoms with Gasteiger partial charge < -0.3 is 10.0 Å². The Hall–Kier alpha value is -2.13. The molecule has 0 aromatic heterocycles. The molecule has 4 rings (SSSR count). The van der Waals surface area contributed by atoms with Gasteiger partial charge in [-0.25, -0.2) is 0 Å². The molecule has 0 bridgehead atoms. The van der Waals surface area contributed by atoms with E-state index in [1.165, 1.54) is 0 Å². The van der Waals surface area contributed by atoms with Crippen molar-refractivity contribution >= 4 is 5.91 Å². The molecule has 2 aliphatic rings. The Labute approximate surface area is 149 Å². The molecule has 1 saturated carbocycles. The predicted octanol–water partition coefficient (Wildman–Crippen LogP) is 3.52. The van der Waals surface area contributed by atoms with E-state index in [1.807, 2.05) is 41.3 Å². The van der Waals surface area contributed by atoms with E-state index in [2.05, 4.69) is 24.3 Å². The van der Waals surface area contributed by atoms with Crippen LogP contribution >= 0.6 is 0 Å². The van der Waals surface area contributed by atoms with Crippen molar-refractivity contribution in [2.24, 2.45) is 5.92 Å². The number of aliphatic hydroxyl groups is 1. The zero-order chi connectivity index (χ0) is 17.3. The molecule has 3 atom stereocenters. The number of β-lactam (4-membered cyclic amide) rings is 1. The molecule has 130 valence electrons. The number of nitrogens with zero attached hydrogens (tertiary/aromatic N) is 1. The van der Waals surface area contributed by atoms with Crippen LogP contribution in [-0.2, 0) is 16.8 Å². The highest BCUT2D eigenvalue weighted by molar-refractivity contribution is 5.95. The number of carbonyl (C=O) groups excluding carboxylic acids is 1. The fourth-order valence-electron chi connectivity index (χ4n) is 4.69. The second-order valence-corrected chi connectivity index (χ2v) is 7.44. The minimum absolute atomic E-state index is 0.0307. The van der Waals surface area contributed by atoms with Gasteiger partial charge in [-0.05, 0) is 24.0 Å². The van der Waals surface area contributed by atoms with Crippen molar-refractivity contribution in [3.63, 3.8) is 0 Å². The van der Waals surface area contributed by atoms with Crippen LogP contribution in [0.1, 0.15) is 36.8 Å². The second-order valence-electron chi connectivity index (χ2n) is 7.44. The zero-order valence-corrected chi connectivity index (χ0v) is 14.5. The quantitative estimate of drug-likeness (QED) is 0.869. The second kappa shape index (κ2) is 6.64. The van der Waals surface area contributed by atoms with Crippen molar-refractivity contribution < 1.29 is 9.90 Å². The van der Waals surface area contributed by atoms with Gasteiger partial charge in [-0.2, -0.15) is 0 Å². The molecule has 1 amide bonds. The summed E-state index contributed by atoms with van der Waals surface area (Å²) in [4.78, 5) is 15.3. The minimum Gasteiger partial charge on any atom is -0.393 e. The molecule has 1 saturated heterocycles. The average Bonchev–Trinajstić information content (AvgIpc) is 2.67. The lowest BCUT2D eigenvalue weighted by molar-refractivity contribution is -0.162. The van der Waals surface area contributed by atoms with Crippen LogP contribution in [0.5, 0.6) is 0 Å². The summed E-state index contributed by atoms with van der Waals surface area (Å²) in [6, 6.07) is 20.2. The maximum atomic E-state index is 13.3. The number of hydrogen-bond acceptors (Lipinski definition) is 2. The smallest absolute Gasteiger partial charge is 0.235 e. The maximum absolute atomic E-state index is 13.3. The van der Waals surface area contributed by atoms with Gasteiger partial charge in [-0.1, -0.05) is 73.5 Å². The molecule has 2 aromatic carbocycles. The summed E-state index contributed by atoms with van der Waals surface area (Å²) in [7, 11) is 0. The Morgan fingerprint density at radius 2 is 1.60 bits per heavy atom. The van der Waals surface area contributed by atoms with E-state index in [9.17, 15) is 9.90 Å². The van der Waals surface area contributed by atoms with Crippen molar-refractivity contribution in [3.8, 4) is 0 Å². The Morgan fingerprint density at radius 1 is 0.960 bits per heavy atom. The van der Waals surface area contributed by atoms with Crippen LogP contribution in [0.4, 0.5) is 0 Å². The third-order valence-electron chi connectivity index (χ3n) is 5.98. The summed E-state index contributed by atoms with van der Waals surface area (Å²) in [6.45, 7) is 1.35. The number of carbonyl (C=O) groups is 1. The van der Waals surface area contributed by atoms with Gasteiger partial charge in [0.15, 0.2) is 0 Å². The molecule has 3 nitrogen and oxygen atoms in total. The van der Waals surface area contributed by atoms with Crippen molar-refractivity contribution in [2.75, 3.05) is 6.54 Å². The topological polar surface area (TPSA) is 40.5 Å². The predicted molar refractivity (Wildman–Crippen MR) is 97.9 cm³/mol. The molecular formula is C22H25NO2. The fourth-order valence-corrected chi connectivity index (χ4v) is 4.69. The third-order valence-corrected chi connectivity index (χ3v) is 5.98. The number of likely N-dealkylation sites (tertiary alicyclic amines) is 1. The lowest BCUT2D eigenvalue weighted by Crippen LogP contribution is -2.69. The van der Waals surface area contributed by atoms with Crippen molar-refractivity contribution in [1.82, 2.24) is 4.90 Å². The zero-order valence-electron chi connectivity index (χ0n) is 14.5. The standard InChI is InChI=1S/C22H25NO2/c24-20-14-8-7-13-19(20)22(18-11-5-2-6-12-18)16-23(21(22)25)15-17-9-3-1-4-10-17/h1-6,9-12,19-20,24H,7-8,13-16H2/t19-,20-,22-/m0/s1. The Morgan fingerprint density at radius 3 is 2.24 bits per heavy atom. The summed E-state index contributed by atoms with van der Waals surface area (Å²) in [5.41, 5.74) is 1.67. The van der Waals surface area contributed by atoms with Crippen LogP contribution in [0.2, 0.25) is 0 Å². The highest BCUT2D eigenvalue weighted by atomic mass is 16.3. The van der Waals surface area contributed by atoms with Gasteiger partial charge in [0.05, 0.1) is 11.5 Å². The van der Waals surface area contributed by atoms with Gasteiger partial charge >= 0.3 is 0 Å². The first-order valence-electron chi connectivity index (χ1n) is 9.29. The first-order valence-corrected chi connectivity index (χ1v) is 9.29. The van der Waals surface area contributed by atoms with Crippen LogP contribution in [0.25, 0.3) is 0 Å². The molecule has 25 heavy (non-hydrogen) atoms. The molecule has 1 aliphatic heterocycles. The summed E-state index contributed by atoms with van der Waals surface area (Å²) in [6.07, 6.45) is 3.52. The maximum Gasteiger partial charge on any atom is 0.235 e. The number of hydrogen-bond donors (Lipinski definition) is 1. The highest BCUT2D eigenvalue weighted by Crippen LogP contribution is 2.48. The molecule has 2 fully saturated rings. The van der Waals surface area contributed by atoms with Gasteiger partial charge in [0, 0.05) is 19.0 Å². The van der Waals surface area contributed by atoms with Crippen LogP contribution in [0.3, 0.4) is 0 Å². The van der Waals surface area contributed by atoms with E-state index in [1.54, 1.807) is 0 Å². The average molecular weight is 335 g/mol. The Bertz CT molecular complexity index is 730. The van der Waals surface area contributed by atoms with E-state index < -0.39 is 5.41 Å². The van der Waals surface area contributed by atoms with Gasteiger partial charge in [-0.3, -0.25) is 4.79 Å². The highest BCUT2D eigenvalue weighted by Gasteiger charge is 2.59. The number of rotatable bonds is 4. The Balaban J connectivity index is 1.63. The van der Waals surface area contributed by atoms with Crippen LogP contribution in [0.15, 0.2) is 60.7 Å². The summed E-state index contributed by atoms with van der Waals surface area (Å²) in [5.74, 6) is 0.205. The van der Waals surface area contributed by atoms with Gasteiger partial charge in [0.25, 0.3) is 0 Å². The van der Waals surface area contributed by atoms with Gasteiger partial charge in [0.2, 0.25) is 5.91 Å². The normalized spacial score (nSPS) is 29.3. The number of aliphatic hydroxyl groups excluding tert-OH is 1. The molecule has 1 heterocycles. The molecule has 0 radical (unpaired) electrons. The van der Waals surface area contributed by atoms with Crippen molar-refractivity contribution in [1.29, 1.82) is 0 Å². The minimum atomic E-state index is -0.546. The van der Waals surface area contributed by atoms with Crippen LogP contribution < -0.4 is 0 Å². The molecule has 2 aromatic rings. The number of benzene rings is 2. The van der Waals surface area contributed by atoms with E-state index in [0.717, 1.165) is 36.8 Å². The van der Waals surface area contributed by atoms with Crippen molar-refractivity contribution in [2.45, 2.75) is 43.7 Å². The van der Waals surface area contributed by atoms with E-state index in [0.29, 0.717) is 13.1 Å². The lowest BCUT2D eigenvalue weighted by atomic mass is 9.59. The van der Waals surface area contributed by atoms with Crippen molar-refractivity contribution in [3.05, 3.63) is 71.8 Å². The van der Waals surface area contributed by atoms with E-state index >= 15 is 0 Å². The molecular weight excluding hydrogens is 310 g/mol. The first kappa shape index (κ1) is 16.3. The number of amides is 1. The molecule has 0 spiro atoms. The van der Waals surface area contributed by atoms with Crippen LogP contribution in [-0.4, -0.2) is 28.6 Å². The lowest BCUT2D eigenvalue weighted by Gasteiger charge is -2.55. The van der Waals surface area contributed by atoms with E-state index in [-0.39, 0.29) is 17.9 Å². The molecule has 3 heteroatoms. The van der Waals surface area contributed by atoms with E-state index in [4.69, 9.17) is 0 Å². The fraction of sp³-hybridized carbons (Fsp3) is 0.409. The Kier molecular flexibility index (Phi) is 4.34. The first-order chi connectivity index (χ1) is 12.2. The van der Waals surface area contributed by atoms with Gasteiger partial charge in [0.1, 0.15) is 0 Å². The monoisotopic (exact) mass is 335 g/mol. The molecule has 1 N–H and O–H groups in total. The molecule has 1 aliphatic carbocycles. The third kappa shape index (κ3) is 2.77. The largest absolute Gasteiger partial charge is 0.393 e. The SMILES string of the molecule is O=C1N(Cc2ccccc2)C[C@]1(c1ccccc1)[C@H]1CCCC[C@@H]1O. The summed E-state index contributed by atoms with van der Waals surface area (Å²) >= 11 is 0. The van der Waals surface area contributed by atoms with Gasteiger partial charge in [-0.15, -0.1) is 0 Å². The summed E-state index contributed by atoms with van der Waals surface area (Å²) in [5, 5.41) is 10.7.